The van der Waals surface area contributed by atoms with Gasteiger partial charge in [-0.1, -0.05) is 6.92 Å². The second kappa shape index (κ2) is 10.3. The number of anilines is 1. The van der Waals surface area contributed by atoms with Crippen LogP contribution < -0.4 is 9.46 Å². The number of halogens is 3. The van der Waals surface area contributed by atoms with Crippen LogP contribution >= 0.6 is 0 Å². The van der Waals surface area contributed by atoms with Gasteiger partial charge in [0.15, 0.2) is 5.75 Å². The molecule has 1 aliphatic heterocycles. The minimum Gasteiger partial charge on any atom is -0.491 e. The largest absolute Gasteiger partial charge is 0.491 e. The smallest absolute Gasteiger partial charge is 0.404 e. The summed E-state index contributed by atoms with van der Waals surface area (Å²) in [6, 6.07) is 3.75. The van der Waals surface area contributed by atoms with Crippen LogP contribution in [0.25, 0.3) is 0 Å². The molecule has 0 aromatic heterocycles. The van der Waals surface area contributed by atoms with E-state index < -0.39 is 22.0 Å². The number of methoxy groups -OCH3 is 1. The van der Waals surface area contributed by atoms with Crippen LogP contribution in [0, 0.1) is 5.92 Å². The van der Waals surface area contributed by atoms with Crippen molar-refractivity contribution in [2.45, 2.75) is 32.2 Å². The van der Waals surface area contributed by atoms with Crippen LogP contribution in [0.5, 0.6) is 5.75 Å². The number of fused-ring (bicyclic) bond motifs is 1. The Balaban J connectivity index is 2.39. The number of carbonyl (C=O) groups excluding carboxylic acids is 1. The summed E-state index contributed by atoms with van der Waals surface area (Å²) in [6.07, 6.45) is -5.09. The number of nitrogens with one attached hydrogen (secondary N) is 1. The van der Waals surface area contributed by atoms with Gasteiger partial charge in [0.1, 0.15) is 12.4 Å². The molecule has 0 radical (unpaired) electrons. The SMILES string of the molecule is CO[C@@H]1CN(C)C(=O)c2ccc(NS(=O)(=O)CC(F)(F)F)cc2OC[C@H](C)N(C)C[C@H]1C. The van der Waals surface area contributed by atoms with E-state index in [-0.39, 0.29) is 47.6 Å². The Bertz CT molecular complexity index is 910. The molecule has 0 unspecified atom stereocenters. The number of carbonyl (C=O) groups is 1. The van der Waals surface area contributed by atoms with E-state index in [9.17, 15) is 26.4 Å². The summed E-state index contributed by atoms with van der Waals surface area (Å²) in [6.45, 7) is 5.16. The molecule has 0 bridgehead atoms. The minimum atomic E-state index is -4.88. The lowest BCUT2D eigenvalue weighted by Crippen LogP contribution is -2.45. The molecule has 0 saturated carbocycles. The molecular formula is C20H30F3N3O5S. The average molecular weight is 482 g/mol. The van der Waals surface area contributed by atoms with Crippen LogP contribution in [0.4, 0.5) is 18.9 Å². The molecular weight excluding hydrogens is 451 g/mol. The zero-order chi connectivity index (χ0) is 24.3. The highest BCUT2D eigenvalue weighted by atomic mass is 32.2. The third-order valence-corrected chi connectivity index (χ3v) is 6.64. The first-order valence-corrected chi connectivity index (χ1v) is 11.7. The number of nitrogens with zero attached hydrogens (tertiary/aromatic N) is 2. The van der Waals surface area contributed by atoms with Gasteiger partial charge >= 0.3 is 6.18 Å². The van der Waals surface area contributed by atoms with Crippen molar-refractivity contribution < 1.29 is 35.9 Å². The Kier molecular flexibility index (Phi) is 8.40. The van der Waals surface area contributed by atoms with Gasteiger partial charge in [0, 0.05) is 39.4 Å². The van der Waals surface area contributed by atoms with E-state index in [1.807, 2.05) is 25.6 Å². The molecule has 1 heterocycles. The summed E-state index contributed by atoms with van der Waals surface area (Å²) in [5.74, 6) is -2.18. The second-order valence-corrected chi connectivity index (χ2v) is 9.95. The van der Waals surface area contributed by atoms with Crippen molar-refractivity contribution >= 4 is 21.6 Å². The zero-order valence-electron chi connectivity index (χ0n) is 18.8. The van der Waals surface area contributed by atoms with Gasteiger partial charge in [-0.15, -0.1) is 0 Å². The molecule has 2 rings (SSSR count). The Labute approximate surface area is 186 Å². The third-order valence-electron chi connectivity index (χ3n) is 5.39. The highest BCUT2D eigenvalue weighted by molar-refractivity contribution is 7.92. The summed E-state index contributed by atoms with van der Waals surface area (Å²) in [4.78, 5) is 16.6. The van der Waals surface area contributed by atoms with Gasteiger partial charge in [0.2, 0.25) is 10.0 Å². The van der Waals surface area contributed by atoms with Crippen LogP contribution in [0.15, 0.2) is 18.2 Å². The highest BCUT2D eigenvalue weighted by Crippen LogP contribution is 2.28. The Morgan fingerprint density at radius 3 is 2.47 bits per heavy atom. The first kappa shape index (κ1) is 26.2. The Hall–Kier alpha value is -2.05. The number of rotatable bonds is 4. The Morgan fingerprint density at radius 2 is 1.88 bits per heavy atom. The van der Waals surface area contributed by atoms with E-state index in [0.717, 1.165) is 0 Å². The fraction of sp³-hybridized carbons (Fsp3) is 0.650. The lowest BCUT2D eigenvalue weighted by Gasteiger charge is -2.34. The number of sulfonamides is 1. The van der Waals surface area contributed by atoms with Gasteiger partial charge in [-0.3, -0.25) is 14.4 Å². The van der Waals surface area contributed by atoms with Crippen molar-refractivity contribution in [2.24, 2.45) is 5.92 Å². The fourth-order valence-corrected chi connectivity index (χ4v) is 4.44. The first-order chi connectivity index (χ1) is 14.7. The van der Waals surface area contributed by atoms with Crippen molar-refractivity contribution in [3.8, 4) is 5.75 Å². The maximum Gasteiger partial charge on any atom is 0.404 e. The molecule has 8 nitrogen and oxygen atoms in total. The minimum absolute atomic E-state index is 0.0550. The van der Waals surface area contributed by atoms with Crippen LogP contribution in [-0.2, 0) is 14.8 Å². The van der Waals surface area contributed by atoms with Crippen molar-refractivity contribution in [3.63, 3.8) is 0 Å². The van der Waals surface area contributed by atoms with Crippen LogP contribution in [-0.4, -0.2) is 89.1 Å². The topological polar surface area (TPSA) is 88.2 Å². The van der Waals surface area contributed by atoms with Crippen LogP contribution in [0.1, 0.15) is 24.2 Å². The van der Waals surface area contributed by atoms with E-state index in [1.165, 1.54) is 23.1 Å². The molecule has 3 atom stereocenters. The molecule has 0 fully saturated rings. The van der Waals surface area contributed by atoms with Gasteiger partial charge in [-0.05, 0) is 32.0 Å². The standard InChI is InChI=1S/C20H30F3N3O5S/c1-13-9-25(3)14(2)11-31-17-8-15(24-32(28,29)12-20(21,22)23)6-7-16(17)19(27)26(4)10-18(13)30-5/h6-8,13-14,18,24H,9-12H2,1-5H3/t13-,14+,18-/m1/s1. The maximum absolute atomic E-state index is 13.0. The first-order valence-electron chi connectivity index (χ1n) is 10.0. The third kappa shape index (κ3) is 7.24. The van der Waals surface area contributed by atoms with E-state index in [2.05, 4.69) is 4.90 Å². The van der Waals surface area contributed by atoms with E-state index >= 15 is 0 Å². The van der Waals surface area contributed by atoms with E-state index in [4.69, 9.17) is 9.47 Å². The van der Waals surface area contributed by atoms with Crippen molar-refractivity contribution in [1.82, 2.24) is 9.80 Å². The zero-order valence-corrected chi connectivity index (χ0v) is 19.6. The number of amides is 1. The normalized spacial score (nSPS) is 24.2. The fourth-order valence-electron chi connectivity index (χ4n) is 3.45. The predicted octanol–water partition coefficient (Wildman–Crippen LogP) is 2.43. The van der Waals surface area contributed by atoms with Crippen molar-refractivity contribution in [3.05, 3.63) is 23.8 Å². The molecule has 12 heteroatoms. The van der Waals surface area contributed by atoms with Gasteiger partial charge < -0.3 is 14.4 Å². The monoisotopic (exact) mass is 481 g/mol. The molecule has 1 amide bonds. The molecule has 1 aromatic rings. The molecule has 1 aromatic carbocycles. The average Bonchev–Trinajstić information content (AvgIpc) is 2.66. The summed E-state index contributed by atoms with van der Waals surface area (Å²) in [5, 5.41) is 0. The predicted molar refractivity (Wildman–Crippen MR) is 114 cm³/mol. The van der Waals surface area contributed by atoms with Gasteiger partial charge in [-0.2, -0.15) is 13.2 Å². The number of hydrogen-bond donors (Lipinski definition) is 1. The highest BCUT2D eigenvalue weighted by Gasteiger charge is 2.35. The number of ether oxygens (including phenoxy) is 2. The lowest BCUT2D eigenvalue weighted by atomic mass is 10.0. The molecule has 0 spiro atoms. The molecule has 0 aliphatic carbocycles. The molecule has 32 heavy (non-hydrogen) atoms. The summed E-state index contributed by atoms with van der Waals surface area (Å²) >= 11 is 0. The summed E-state index contributed by atoms with van der Waals surface area (Å²) in [7, 11) is 0.463. The number of alkyl halides is 3. The van der Waals surface area contributed by atoms with Gasteiger partial charge in [-0.25, -0.2) is 8.42 Å². The van der Waals surface area contributed by atoms with Crippen molar-refractivity contribution in [1.29, 1.82) is 0 Å². The molecule has 182 valence electrons. The van der Waals surface area contributed by atoms with E-state index in [1.54, 1.807) is 14.2 Å². The number of likely N-dealkylation sites (N-methyl/N-ethyl adjacent to an activating group) is 2. The van der Waals surface area contributed by atoms with Crippen LogP contribution in [0.2, 0.25) is 0 Å². The Morgan fingerprint density at radius 1 is 1.22 bits per heavy atom. The van der Waals surface area contributed by atoms with Crippen molar-refractivity contribution in [2.75, 3.05) is 51.4 Å². The quantitative estimate of drug-likeness (QED) is 0.711. The molecule has 1 aliphatic rings. The van der Waals surface area contributed by atoms with Gasteiger partial charge in [0.05, 0.1) is 17.4 Å². The van der Waals surface area contributed by atoms with E-state index in [0.29, 0.717) is 13.1 Å². The van der Waals surface area contributed by atoms with Crippen LogP contribution in [0.3, 0.4) is 0 Å². The van der Waals surface area contributed by atoms with Gasteiger partial charge in [0.25, 0.3) is 5.91 Å². The summed E-state index contributed by atoms with van der Waals surface area (Å²) < 4.78 is 74.6. The molecule has 0 saturated heterocycles. The number of benzene rings is 1. The lowest BCUT2D eigenvalue weighted by molar-refractivity contribution is -0.106. The second-order valence-electron chi connectivity index (χ2n) is 8.22. The maximum atomic E-state index is 13.0. The summed E-state index contributed by atoms with van der Waals surface area (Å²) in [5.41, 5.74) is 0.0455. The molecule has 1 N–H and O–H groups in total. The number of hydrogen-bond acceptors (Lipinski definition) is 6.